The number of hydrogen-bond donors (Lipinski definition) is 1. The lowest BCUT2D eigenvalue weighted by Crippen LogP contribution is -2.42. The van der Waals surface area contributed by atoms with Gasteiger partial charge < -0.3 is 14.6 Å². The fraction of sp³-hybridized carbons (Fsp3) is 0.583. The summed E-state index contributed by atoms with van der Waals surface area (Å²) in [4.78, 5) is 14.1. The minimum absolute atomic E-state index is 0.0697. The topological polar surface area (TPSA) is 45.5 Å². The summed E-state index contributed by atoms with van der Waals surface area (Å²) in [6.45, 7) is 2.66. The standard InChI is InChI=1S/C12H17BrN2O2/c1-14-6-9-3-2-4-15(7-9)12(16)10-5-11(13)17-8-10/h5,8-9,14H,2-4,6-7H2,1H3. The van der Waals surface area contributed by atoms with E-state index in [4.69, 9.17) is 4.42 Å². The molecule has 1 aliphatic heterocycles. The molecule has 17 heavy (non-hydrogen) atoms. The van der Waals surface area contributed by atoms with Crippen LogP contribution in [-0.2, 0) is 0 Å². The lowest BCUT2D eigenvalue weighted by atomic mass is 9.97. The Kier molecular flexibility index (Phi) is 4.23. The van der Waals surface area contributed by atoms with Crippen LogP contribution in [0.25, 0.3) is 0 Å². The third-order valence-electron chi connectivity index (χ3n) is 3.11. The molecule has 94 valence electrons. The molecular weight excluding hydrogens is 284 g/mol. The molecule has 1 saturated heterocycles. The highest BCUT2D eigenvalue weighted by Gasteiger charge is 2.24. The van der Waals surface area contributed by atoms with Crippen molar-refractivity contribution >= 4 is 21.8 Å². The zero-order valence-electron chi connectivity index (χ0n) is 9.91. The maximum absolute atomic E-state index is 12.2. The van der Waals surface area contributed by atoms with E-state index in [1.165, 1.54) is 12.7 Å². The lowest BCUT2D eigenvalue weighted by molar-refractivity contribution is 0.0673. The molecule has 0 radical (unpaired) electrons. The molecule has 0 aliphatic carbocycles. The van der Waals surface area contributed by atoms with Crippen LogP contribution in [-0.4, -0.2) is 37.5 Å². The van der Waals surface area contributed by atoms with Crippen molar-refractivity contribution in [2.45, 2.75) is 12.8 Å². The van der Waals surface area contributed by atoms with Gasteiger partial charge in [0, 0.05) is 19.2 Å². The Labute approximate surface area is 109 Å². The zero-order chi connectivity index (χ0) is 12.3. The molecule has 1 aliphatic rings. The van der Waals surface area contributed by atoms with Crippen molar-refractivity contribution in [2.24, 2.45) is 5.92 Å². The van der Waals surface area contributed by atoms with Gasteiger partial charge in [0.1, 0.15) is 6.26 Å². The second-order valence-corrected chi connectivity index (χ2v) is 5.24. The molecule has 0 spiro atoms. The average molecular weight is 301 g/mol. The van der Waals surface area contributed by atoms with Crippen LogP contribution >= 0.6 is 15.9 Å². The van der Waals surface area contributed by atoms with Crippen molar-refractivity contribution in [3.8, 4) is 0 Å². The van der Waals surface area contributed by atoms with E-state index >= 15 is 0 Å². The van der Waals surface area contributed by atoms with Crippen LogP contribution in [0.3, 0.4) is 0 Å². The third-order valence-corrected chi connectivity index (χ3v) is 3.53. The Hall–Kier alpha value is -0.810. The monoisotopic (exact) mass is 300 g/mol. The SMILES string of the molecule is CNCC1CCCN(C(=O)c2coc(Br)c2)C1. The summed E-state index contributed by atoms with van der Waals surface area (Å²) in [6, 6.07) is 1.73. The first-order valence-corrected chi connectivity index (χ1v) is 6.68. The minimum Gasteiger partial charge on any atom is -0.457 e. The molecule has 1 N–H and O–H groups in total. The van der Waals surface area contributed by atoms with Gasteiger partial charge in [-0.1, -0.05) is 0 Å². The van der Waals surface area contributed by atoms with Crippen LogP contribution in [0.5, 0.6) is 0 Å². The number of halogens is 1. The third kappa shape index (κ3) is 3.10. The predicted octanol–water partition coefficient (Wildman–Crippen LogP) is 2.11. The molecule has 1 amide bonds. The largest absolute Gasteiger partial charge is 0.457 e. The van der Waals surface area contributed by atoms with Crippen molar-refractivity contribution < 1.29 is 9.21 Å². The molecule has 5 heteroatoms. The maximum Gasteiger partial charge on any atom is 0.257 e. The van der Waals surface area contributed by atoms with Gasteiger partial charge in [0.2, 0.25) is 0 Å². The Bertz CT molecular complexity index is 390. The van der Waals surface area contributed by atoms with Crippen molar-refractivity contribution in [3.05, 3.63) is 22.6 Å². The summed E-state index contributed by atoms with van der Waals surface area (Å²) in [5.41, 5.74) is 0.627. The average Bonchev–Trinajstić information content (AvgIpc) is 2.76. The summed E-state index contributed by atoms with van der Waals surface area (Å²) in [7, 11) is 1.95. The molecule has 0 bridgehead atoms. The van der Waals surface area contributed by atoms with E-state index in [9.17, 15) is 4.79 Å². The van der Waals surface area contributed by atoms with Gasteiger partial charge in [0.25, 0.3) is 5.91 Å². The molecular formula is C12H17BrN2O2. The highest BCUT2D eigenvalue weighted by Crippen LogP contribution is 2.20. The number of carbonyl (C=O) groups excluding carboxylic acids is 1. The first kappa shape index (κ1) is 12.6. The first-order valence-electron chi connectivity index (χ1n) is 5.88. The van der Waals surface area contributed by atoms with Crippen molar-refractivity contribution in [2.75, 3.05) is 26.7 Å². The number of rotatable bonds is 3. The van der Waals surface area contributed by atoms with Gasteiger partial charge in [-0.25, -0.2) is 0 Å². The number of nitrogens with zero attached hydrogens (tertiary/aromatic N) is 1. The second kappa shape index (κ2) is 5.69. The van der Waals surface area contributed by atoms with E-state index in [0.29, 0.717) is 16.2 Å². The number of piperidine rings is 1. The molecule has 2 heterocycles. The molecule has 1 aromatic heterocycles. The fourth-order valence-electron chi connectivity index (χ4n) is 2.31. The summed E-state index contributed by atoms with van der Waals surface area (Å²) in [5.74, 6) is 0.633. The van der Waals surface area contributed by atoms with Crippen LogP contribution in [0.4, 0.5) is 0 Å². The molecule has 0 saturated carbocycles. The van der Waals surface area contributed by atoms with E-state index in [-0.39, 0.29) is 5.91 Å². The number of hydrogen-bond acceptors (Lipinski definition) is 3. The Morgan fingerprint density at radius 1 is 1.71 bits per heavy atom. The minimum atomic E-state index is 0.0697. The van der Waals surface area contributed by atoms with Crippen molar-refractivity contribution in [1.82, 2.24) is 10.2 Å². The van der Waals surface area contributed by atoms with Gasteiger partial charge >= 0.3 is 0 Å². The number of likely N-dealkylation sites (tertiary alicyclic amines) is 1. The highest BCUT2D eigenvalue weighted by atomic mass is 79.9. The Balaban J connectivity index is 1.99. The molecule has 2 rings (SSSR count). The number of carbonyl (C=O) groups is 1. The van der Waals surface area contributed by atoms with Crippen LogP contribution < -0.4 is 5.32 Å². The van der Waals surface area contributed by atoms with Gasteiger partial charge in [-0.3, -0.25) is 4.79 Å². The van der Waals surface area contributed by atoms with Crippen LogP contribution in [0.2, 0.25) is 0 Å². The van der Waals surface area contributed by atoms with E-state index < -0.39 is 0 Å². The summed E-state index contributed by atoms with van der Waals surface area (Å²) in [5, 5.41) is 3.18. The van der Waals surface area contributed by atoms with Gasteiger partial charge in [0.15, 0.2) is 4.67 Å². The smallest absolute Gasteiger partial charge is 0.257 e. The van der Waals surface area contributed by atoms with E-state index in [1.54, 1.807) is 6.07 Å². The van der Waals surface area contributed by atoms with Crippen LogP contribution in [0.1, 0.15) is 23.2 Å². The Morgan fingerprint density at radius 3 is 3.18 bits per heavy atom. The van der Waals surface area contributed by atoms with Gasteiger partial charge in [-0.2, -0.15) is 0 Å². The molecule has 1 fully saturated rings. The maximum atomic E-state index is 12.2. The van der Waals surface area contributed by atoms with Crippen molar-refractivity contribution in [3.63, 3.8) is 0 Å². The summed E-state index contributed by atoms with van der Waals surface area (Å²) >= 11 is 3.21. The van der Waals surface area contributed by atoms with Crippen LogP contribution in [0.15, 0.2) is 21.4 Å². The van der Waals surface area contributed by atoms with Crippen molar-refractivity contribution in [1.29, 1.82) is 0 Å². The first-order chi connectivity index (χ1) is 8.20. The van der Waals surface area contributed by atoms with E-state index in [1.807, 2.05) is 11.9 Å². The van der Waals surface area contributed by atoms with Gasteiger partial charge in [-0.05, 0) is 48.3 Å². The van der Waals surface area contributed by atoms with E-state index in [2.05, 4.69) is 21.2 Å². The number of nitrogens with one attached hydrogen (secondary N) is 1. The Morgan fingerprint density at radius 2 is 2.53 bits per heavy atom. The molecule has 1 aromatic rings. The summed E-state index contributed by atoms with van der Waals surface area (Å²) in [6.07, 6.45) is 3.78. The molecule has 4 nitrogen and oxygen atoms in total. The lowest BCUT2D eigenvalue weighted by Gasteiger charge is -2.32. The molecule has 1 atom stereocenters. The predicted molar refractivity (Wildman–Crippen MR) is 69.0 cm³/mol. The summed E-state index contributed by atoms with van der Waals surface area (Å²) < 4.78 is 5.71. The number of amides is 1. The fourth-order valence-corrected chi connectivity index (χ4v) is 2.65. The quantitative estimate of drug-likeness (QED) is 0.930. The van der Waals surface area contributed by atoms with Gasteiger partial charge in [-0.15, -0.1) is 0 Å². The zero-order valence-corrected chi connectivity index (χ0v) is 11.5. The van der Waals surface area contributed by atoms with Gasteiger partial charge in [0.05, 0.1) is 5.56 Å². The number of furan rings is 1. The highest BCUT2D eigenvalue weighted by molar-refractivity contribution is 9.10. The van der Waals surface area contributed by atoms with E-state index in [0.717, 1.165) is 26.1 Å². The second-order valence-electron chi connectivity index (χ2n) is 4.46. The molecule has 0 aromatic carbocycles. The van der Waals surface area contributed by atoms with Crippen LogP contribution in [0, 0.1) is 5.92 Å². The molecule has 1 unspecified atom stereocenters. The normalized spacial score (nSPS) is 20.6.